The normalized spacial score (nSPS) is 12.2. The minimum Gasteiger partial charge on any atom is -0.356 e. The third kappa shape index (κ3) is 8.80. The molecule has 5 heteroatoms. The van der Waals surface area contributed by atoms with Crippen molar-refractivity contribution in [2.45, 2.75) is 58.9 Å². The average Bonchev–Trinajstić information content (AvgIpc) is 2.39. The van der Waals surface area contributed by atoms with Gasteiger partial charge in [0, 0.05) is 25.3 Å². The Hall–Kier alpha value is -1.23. The number of likely N-dealkylation sites (N-methyl/N-ethyl adjacent to an activating group) is 1. The molecule has 0 radical (unpaired) electrons. The molecule has 1 amide bonds. The van der Waals surface area contributed by atoms with Gasteiger partial charge in [0.05, 0.1) is 6.04 Å². The van der Waals surface area contributed by atoms with E-state index < -0.39 is 0 Å². The molecule has 0 heterocycles. The van der Waals surface area contributed by atoms with Crippen LogP contribution in [0.1, 0.15) is 52.9 Å². The summed E-state index contributed by atoms with van der Waals surface area (Å²) in [4.78, 5) is 34.1. The Morgan fingerprint density at radius 3 is 2.20 bits per heavy atom. The first-order valence-electron chi connectivity index (χ1n) is 7.35. The van der Waals surface area contributed by atoms with E-state index >= 15 is 0 Å². The molecule has 116 valence electrons. The van der Waals surface area contributed by atoms with Crippen LogP contribution in [0.25, 0.3) is 0 Å². The third-order valence-electron chi connectivity index (χ3n) is 3.32. The summed E-state index contributed by atoms with van der Waals surface area (Å²) in [5.41, 5.74) is 0. The maximum Gasteiger partial charge on any atom is 0.220 e. The van der Waals surface area contributed by atoms with Crippen LogP contribution in [0, 0.1) is 5.92 Å². The van der Waals surface area contributed by atoms with E-state index in [0.29, 0.717) is 13.0 Å². The van der Waals surface area contributed by atoms with Crippen molar-refractivity contribution in [1.82, 2.24) is 10.6 Å². The van der Waals surface area contributed by atoms with Crippen LogP contribution in [-0.4, -0.2) is 37.1 Å². The number of nitrogens with one attached hydrogen (secondary N) is 2. The van der Waals surface area contributed by atoms with E-state index in [1.807, 2.05) is 13.8 Å². The number of ketones is 2. The van der Waals surface area contributed by atoms with Crippen LogP contribution in [0.15, 0.2) is 0 Å². The summed E-state index contributed by atoms with van der Waals surface area (Å²) >= 11 is 0. The molecular formula is C15H28N2O3. The molecule has 0 aliphatic heterocycles. The second-order valence-electron chi connectivity index (χ2n) is 5.42. The molecule has 0 saturated heterocycles. The fraction of sp³-hybridized carbons (Fsp3) is 0.800. The van der Waals surface area contributed by atoms with E-state index in [4.69, 9.17) is 0 Å². The van der Waals surface area contributed by atoms with E-state index in [-0.39, 0.29) is 35.9 Å². The number of unbranched alkanes of at least 4 members (excludes halogenated alkanes) is 1. The van der Waals surface area contributed by atoms with Crippen molar-refractivity contribution in [2.24, 2.45) is 5.92 Å². The minimum atomic E-state index is -0.0886. The zero-order valence-corrected chi connectivity index (χ0v) is 13.1. The number of amides is 1. The van der Waals surface area contributed by atoms with Gasteiger partial charge in [-0.25, -0.2) is 0 Å². The van der Waals surface area contributed by atoms with E-state index in [9.17, 15) is 14.4 Å². The maximum absolute atomic E-state index is 11.5. The van der Waals surface area contributed by atoms with Gasteiger partial charge in [-0.2, -0.15) is 0 Å². The highest BCUT2D eigenvalue weighted by Crippen LogP contribution is 2.03. The molecule has 0 aliphatic rings. The van der Waals surface area contributed by atoms with Gasteiger partial charge in [-0.3, -0.25) is 14.4 Å². The Kier molecular flexibility index (Phi) is 9.90. The van der Waals surface area contributed by atoms with E-state index in [1.165, 1.54) is 0 Å². The van der Waals surface area contributed by atoms with Gasteiger partial charge in [0.2, 0.25) is 5.91 Å². The summed E-state index contributed by atoms with van der Waals surface area (Å²) in [7, 11) is 1.78. The first kappa shape index (κ1) is 18.8. The van der Waals surface area contributed by atoms with Crippen molar-refractivity contribution in [3.8, 4) is 0 Å². The van der Waals surface area contributed by atoms with Crippen molar-refractivity contribution in [3.63, 3.8) is 0 Å². The molecule has 0 aromatic carbocycles. The number of hydrogen-bond acceptors (Lipinski definition) is 4. The Morgan fingerprint density at radius 1 is 1.05 bits per heavy atom. The van der Waals surface area contributed by atoms with Crippen LogP contribution in [0.4, 0.5) is 0 Å². The van der Waals surface area contributed by atoms with Crippen LogP contribution >= 0.6 is 0 Å². The standard InChI is InChI=1S/C15H28N2O3/c1-11(2)14(19)8-9-15(20)17-10-6-5-7-13(16-4)12(3)18/h11,13,16H,5-10H2,1-4H3,(H,17,20). The molecule has 0 aliphatic carbocycles. The second kappa shape index (κ2) is 10.5. The predicted octanol–water partition coefficient (Wildman–Crippen LogP) is 1.46. The fourth-order valence-electron chi connectivity index (χ4n) is 1.87. The SMILES string of the molecule is CNC(CCCCNC(=O)CCC(=O)C(C)C)C(C)=O. The predicted molar refractivity (Wildman–Crippen MR) is 79.5 cm³/mol. The largest absolute Gasteiger partial charge is 0.356 e. The Morgan fingerprint density at radius 2 is 1.70 bits per heavy atom. The van der Waals surface area contributed by atoms with E-state index in [0.717, 1.165) is 19.3 Å². The number of hydrogen-bond donors (Lipinski definition) is 2. The zero-order chi connectivity index (χ0) is 15.5. The van der Waals surface area contributed by atoms with E-state index in [1.54, 1.807) is 14.0 Å². The number of carbonyl (C=O) groups is 3. The lowest BCUT2D eigenvalue weighted by molar-refractivity contribution is -0.126. The Labute approximate surface area is 121 Å². The van der Waals surface area contributed by atoms with Gasteiger partial charge in [-0.1, -0.05) is 13.8 Å². The zero-order valence-electron chi connectivity index (χ0n) is 13.1. The van der Waals surface area contributed by atoms with Crippen molar-refractivity contribution in [2.75, 3.05) is 13.6 Å². The van der Waals surface area contributed by atoms with Crippen LogP contribution in [0.5, 0.6) is 0 Å². The summed E-state index contributed by atoms with van der Waals surface area (Å²) < 4.78 is 0. The lowest BCUT2D eigenvalue weighted by atomic mass is 10.0. The van der Waals surface area contributed by atoms with Gasteiger partial charge < -0.3 is 10.6 Å². The molecule has 0 aromatic rings. The number of carbonyl (C=O) groups excluding carboxylic acids is 3. The summed E-state index contributed by atoms with van der Waals surface area (Å²) in [5, 5.41) is 5.77. The van der Waals surface area contributed by atoms with Gasteiger partial charge in [0.25, 0.3) is 0 Å². The molecule has 5 nitrogen and oxygen atoms in total. The highest BCUT2D eigenvalue weighted by atomic mass is 16.2. The molecule has 0 spiro atoms. The summed E-state index contributed by atoms with van der Waals surface area (Å²) in [6, 6.07) is -0.0886. The summed E-state index contributed by atoms with van der Waals surface area (Å²) in [6.07, 6.45) is 3.10. The first-order chi connectivity index (χ1) is 9.38. The summed E-state index contributed by atoms with van der Waals surface area (Å²) in [5.74, 6) is 0.186. The van der Waals surface area contributed by atoms with Crippen molar-refractivity contribution >= 4 is 17.5 Å². The molecule has 1 atom stereocenters. The van der Waals surface area contributed by atoms with Gasteiger partial charge in [0.15, 0.2) is 0 Å². The van der Waals surface area contributed by atoms with Crippen LogP contribution in [0.3, 0.4) is 0 Å². The van der Waals surface area contributed by atoms with Gasteiger partial charge >= 0.3 is 0 Å². The monoisotopic (exact) mass is 284 g/mol. The molecular weight excluding hydrogens is 256 g/mol. The summed E-state index contributed by atoms with van der Waals surface area (Å²) in [6.45, 7) is 5.86. The van der Waals surface area contributed by atoms with Crippen molar-refractivity contribution < 1.29 is 14.4 Å². The van der Waals surface area contributed by atoms with Gasteiger partial charge in [-0.05, 0) is 33.2 Å². The smallest absolute Gasteiger partial charge is 0.220 e. The van der Waals surface area contributed by atoms with E-state index in [2.05, 4.69) is 10.6 Å². The molecule has 0 rings (SSSR count). The minimum absolute atomic E-state index is 0.00661. The lowest BCUT2D eigenvalue weighted by Gasteiger charge is -2.12. The Bertz CT molecular complexity index is 327. The molecule has 0 aromatic heterocycles. The molecule has 20 heavy (non-hydrogen) atoms. The number of rotatable bonds is 11. The highest BCUT2D eigenvalue weighted by Gasteiger charge is 2.11. The molecule has 0 bridgehead atoms. The van der Waals surface area contributed by atoms with Gasteiger partial charge in [0.1, 0.15) is 11.6 Å². The van der Waals surface area contributed by atoms with Gasteiger partial charge in [-0.15, -0.1) is 0 Å². The number of Topliss-reactive ketones (excluding diaryl/α,β-unsaturated/α-hetero) is 2. The van der Waals surface area contributed by atoms with Crippen molar-refractivity contribution in [1.29, 1.82) is 0 Å². The average molecular weight is 284 g/mol. The molecule has 1 unspecified atom stereocenters. The quantitative estimate of drug-likeness (QED) is 0.563. The van der Waals surface area contributed by atoms with Crippen LogP contribution < -0.4 is 10.6 Å². The van der Waals surface area contributed by atoms with Crippen molar-refractivity contribution in [3.05, 3.63) is 0 Å². The second-order valence-corrected chi connectivity index (χ2v) is 5.42. The topological polar surface area (TPSA) is 75.3 Å². The fourth-order valence-corrected chi connectivity index (χ4v) is 1.87. The molecule has 2 N–H and O–H groups in total. The van der Waals surface area contributed by atoms with Crippen LogP contribution in [0.2, 0.25) is 0 Å². The highest BCUT2D eigenvalue weighted by molar-refractivity contribution is 5.85. The Balaban J connectivity index is 3.62. The maximum atomic E-state index is 11.5. The van der Waals surface area contributed by atoms with Crippen LogP contribution in [-0.2, 0) is 14.4 Å². The third-order valence-corrected chi connectivity index (χ3v) is 3.32. The lowest BCUT2D eigenvalue weighted by Crippen LogP contribution is -2.32. The first-order valence-corrected chi connectivity index (χ1v) is 7.35. The molecule has 0 fully saturated rings. The molecule has 0 saturated carbocycles.